The van der Waals surface area contributed by atoms with Crippen molar-refractivity contribution in [1.82, 2.24) is 4.98 Å². The second-order valence-corrected chi connectivity index (χ2v) is 4.89. The van der Waals surface area contributed by atoms with Crippen molar-refractivity contribution in [2.75, 3.05) is 5.32 Å². The van der Waals surface area contributed by atoms with Crippen LogP contribution in [0.3, 0.4) is 0 Å². The second kappa shape index (κ2) is 4.94. The van der Waals surface area contributed by atoms with Crippen LogP contribution in [0.1, 0.15) is 21.8 Å². The third-order valence-electron chi connectivity index (χ3n) is 3.15. The summed E-state index contributed by atoms with van der Waals surface area (Å²) in [6.07, 6.45) is 0. The van der Waals surface area contributed by atoms with Gasteiger partial charge in [-0.05, 0) is 37.3 Å². The number of hydrogen-bond acceptors (Lipinski definition) is 4. The lowest BCUT2D eigenvalue weighted by Gasteiger charge is -2.07. The number of nitrogens with zero attached hydrogens (tertiary/aromatic N) is 1. The van der Waals surface area contributed by atoms with Crippen LogP contribution >= 0.6 is 0 Å². The van der Waals surface area contributed by atoms with Gasteiger partial charge in [0, 0.05) is 12.6 Å². The number of phenols is 1. The number of amides is 1. The molecule has 0 atom stereocenters. The van der Waals surface area contributed by atoms with E-state index in [1.165, 1.54) is 6.07 Å². The molecule has 21 heavy (non-hydrogen) atoms. The third-order valence-corrected chi connectivity index (χ3v) is 3.15. The Bertz CT molecular complexity index is 837. The molecule has 1 heterocycles. The lowest BCUT2D eigenvalue weighted by Crippen LogP contribution is -2.12. The molecule has 0 unspecified atom stereocenters. The van der Waals surface area contributed by atoms with Gasteiger partial charge in [-0.2, -0.15) is 0 Å². The number of anilines is 1. The molecule has 0 aliphatic carbocycles. The maximum atomic E-state index is 12.2. The van der Waals surface area contributed by atoms with Gasteiger partial charge >= 0.3 is 0 Å². The number of benzene rings is 2. The monoisotopic (exact) mass is 282 g/mol. The molecule has 0 saturated carbocycles. The fourth-order valence-electron chi connectivity index (χ4n) is 2.15. The summed E-state index contributed by atoms with van der Waals surface area (Å²) in [5, 5.41) is 12.5. The summed E-state index contributed by atoms with van der Waals surface area (Å²) < 4.78 is 5.38. The molecule has 106 valence electrons. The van der Waals surface area contributed by atoms with Crippen LogP contribution in [0, 0.1) is 13.8 Å². The number of hydrogen-bond donors (Lipinski definition) is 2. The van der Waals surface area contributed by atoms with Crippen molar-refractivity contribution in [3.05, 3.63) is 53.4 Å². The lowest BCUT2D eigenvalue weighted by molar-refractivity contribution is 0.102. The number of nitrogens with one attached hydrogen (secondary N) is 1. The summed E-state index contributed by atoms with van der Waals surface area (Å²) >= 11 is 0. The minimum absolute atomic E-state index is 0.0449. The standard InChI is InChI=1S/C16H14N2O3/c1-9-3-5-14(19)12(7-9)16(20)18-11-4-6-15-13(8-11)17-10(2)21-15/h3-8,19H,1-2H3,(H,18,20). The third kappa shape index (κ3) is 2.58. The van der Waals surface area contributed by atoms with Gasteiger partial charge in [-0.1, -0.05) is 11.6 Å². The van der Waals surface area contributed by atoms with E-state index < -0.39 is 0 Å². The first kappa shape index (κ1) is 13.2. The summed E-state index contributed by atoms with van der Waals surface area (Å²) in [5.74, 6) is 0.164. The van der Waals surface area contributed by atoms with E-state index in [9.17, 15) is 9.90 Å². The molecule has 5 nitrogen and oxygen atoms in total. The Labute approximate surface area is 121 Å². The lowest BCUT2D eigenvalue weighted by atomic mass is 10.1. The van der Waals surface area contributed by atoms with Crippen LogP contribution in [0.25, 0.3) is 11.1 Å². The fourth-order valence-corrected chi connectivity index (χ4v) is 2.15. The van der Waals surface area contributed by atoms with E-state index >= 15 is 0 Å². The highest BCUT2D eigenvalue weighted by Crippen LogP contribution is 2.22. The molecule has 0 fully saturated rings. The van der Waals surface area contributed by atoms with E-state index in [0.717, 1.165) is 5.56 Å². The molecule has 2 aromatic carbocycles. The van der Waals surface area contributed by atoms with Crippen molar-refractivity contribution in [1.29, 1.82) is 0 Å². The normalized spacial score (nSPS) is 10.8. The number of carbonyl (C=O) groups excluding carboxylic acids is 1. The Balaban J connectivity index is 1.90. The molecule has 3 aromatic rings. The molecule has 0 spiro atoms. The SMILES string of the molecule is Cc1ccc(O)c(C(=O)Nc2ccc3oc(C)nc3c2)c1. The maximum Gasteiger partial charge on any atom is 0.259 e. The Morgan fingerprint density at radius 2 is 2.00 bits per heavy atom. The zero-order chi connectivity index (χ0) is 15.0. The first-order chi connectivity index (χ1) is 10.0. The van der Waals surface area contributed by atoms with Crippen molar-refractivity contribution in [2.24, 2.45) is 0 Å². The van der Waals surface area contributed by atoms with E-state index in [0.29, 0.717) is 22.7 Å². The molecular weight excluding hydrogens is 268 g/mol. The quantitative estimate of drug-likeness (QED) is 0.755. The zero-order valence-electron chi connectivity index (χ0n) is 11.7. The topological polar surface area (TPSA) is 75.4 Å². The van der Waals surface area contributed by atoms with Crippen molar-refractivity contribution < 1.29 is 14.3 Å². The number of rotatable bonds is 2. The summed E-state index contributed by atoms with van der Waals surface area (Å²) in [6, 6.07) is 10.1. The highest BCUT2D eigenvalue weighted by Gasteiger charge is 2.12. The van der Waals surface area contributed by atoms with Crippen molar-refractivity contribution >= 4 is 22.7 Å². The van der Waals surface area contributed by atoms with Crippen LogP contribution in [-0.4, -0.2) is 16.0 Å². The highest BCUT2D eigenvalue weighted by molar-refractivity contribution is 6.06. The molecule has 0 aliphatic heterocycles. The van der Waals surface area contributed by atoms with Crippen LogP contribution in [0.5, 0.6) is 5.75 Å². The number of phenolic OH excluding ortho intramolecular Hbond substituents is 1. The van der Waals surface area contributed by atoms with Crippen LogP contribution in [0.15, 0.2) is 40.8 Å². The smallest absolute Gasteiger partial charge is 0.259 e. The number of aryl methyl sites for hydroxylation is 2. The van der Waals surface area contributed by atoms with Crippen LogP contribution in [-0.2, 0) is 0 Å². The van der Waals surface area contributed by atoms with Gasteiger partial charge in [0.1, 0.15) is 11.3 Å². The Hall–Kier alpha value is -2.82. The molecule has 0 radical (unpaired) electrons. The van der Waals surface area contributed by atoms with Gasteiger partial charge in [0.2, 0.25) is 0 Å². The van der Waals surface area contributed by atoms with Gasteiger partial charge in [0.05, 0.1) is 5.56 Å². The van der Waals surface area contributed by atoms with Gasteiger partial charge in [-0.15, -0.1) is 0 Å². The molecule has 3 rings (SSSR count). The Morgan fingerprint density at radius 1 is 1.19 bits per heavy atom. The molecule has 0 aliphatic rings. The van der Waals surface area contributed by atoms with Gasteiger partial charge in [0.15, 0.2) is 11.5 Å². The minimum atomic E-state index is -0.365. The molecule has 2 N–H and O–H groups in total. The van der Waals surface area contributed by atoms with E-state index in [1.54, 1.807) is 37.3 Å². The molecular formula is C16H14N2O3. The number of fused-ring (bicyclic) bond motifs is 1. The maximum absolute atomic E-state index is 12.2. The van der Waals surface area contributed by atoms with Crippen LogP contribution in [0.2, 0.25) is 0 Å². The highest BCUT2D eigenvalue weighted by atomic mass is 16.3. The molecule has 0 saturated heterocycles. The Kier molecular flexibility index (Phi) is 3.10. The van der Waals surface area contributed by atoms with Crippen molar-refractivity contribution in [3.63, 3.8) is 0 Å². The van der Waals surface area contributed by atoms with Gasteiger partial charge < -0.3 is 14.8 Å². The number of aromatic hydroxyl groups is 1. The van der Waals surface area contributed by atoms with Gasteiger partial charge in [-0.3, -0.25) is 4.79 Å². The summed E-state index contributed by atoms with van der Waals surface area (Å²) in [6.45, 7) is 3.63. The molecule has 0 bridgehead atoms. The van der Waals surface area contributed by atoms with Crippen molar-refractivity contribution in [2.45, 2.75) is 13.8 Å². The first-order valence-electron chi connectivity index (χ1n) is 6.51. The second-order valence-electron chi connectivity index (χ2n) is 4.89. The van der Waals surface area contributed by atoms with Gasteiger partial charge in [-0.25, -0.2) is 4.98 Å². The van der Waals surface area contributed by atoms with Crippen LogP contribution in [0.4, 0.5) is 5.69 Å². The molecule has 1 aromatic heterocycles. The molecule has 1 amide bonds. The van der Waals surface area contributed by atoms with Crippen LogP contribution < -0.4 is 5.32 Å². The Morgan fingerprint density at radius 3 is 2.81 bits per heavy atom. The van der Waals surface area contributed by atoms with E-state index in [-0.39, 0.29) is 17.2 Å². The summed E-state index contributed by atoms with van der Waals surface area (Å²) in [5.41, 5.74) is 3.09. The van der Waals surface area contributed by atoms with E-state index in [2.05, 4.69) is 10.3 Å². The molecule has 5 heteroatoms. The minimum Gasteiger partial charge on any atom is -0.507 e. The zero-order valence-corrected chi connectivity index (χ0v) is 11.7. The number of oxazole rings is 1. The average molecular weight is 282 g/mol. The summed E-state index contributed by atoms with van der Waals surface area (Å²) in [4.78, 5) is 16.4. The average Bonchev–Trinajstić information content (AvgIpc) is 2.80. The predicted molar refractivity (Wildman–Crippen MR) is 79.5 cm³/mol. The first-order valence-corrected chi connectivity index (χ1v) is 6.51. The van der Waals surface area contributed by atoms with Gasteiger partial charge in [0.25, 0.3) is 5.91 Å². The number of carbonyl (C=O) groups is 1. The number of aromatic nitrogens is 1. The predicted octanol–water partition coefficient (Wildman–Crippen LogP) is 3.40. The fraction of sp³-hybridized carbons (Fsp3) is 0.125. The van der Waals surface area contributed by atoms with E-state index in [4.69, 9.17) is 4.42 Å². The summed E-state index contributed by atoms with van der Waals surface area (Å²) in [7, 11) is 0. The van der Waals surface area contributed by atoms with E-state index in [1.807, 2.05) is 6.92 Å². The largest absolute Gasteiger partial charge is 0.507 e. The van der Waals surface area contributed by atoms with Crippen molar-refractivity contribution in [3.8, 4) is 5.75 Å².